The van der Waals surface area contributed by atoms with Gasteiger partial charge in [-0.1, -0.05) is 6.07 Å². The Kier molecular flexibility index (Phi) is 4.62. The SMILES string of the molecule is O=C(O)C1CCCCN1C(=O)Nc1cccc(I)c1. The zero-order valence-electron chi connectivity index (χ0n) is 10.3. The van der Waals surface area contributed by atoms with Crippen LogP contribution in [-0.4, -0.2) is 34.6 Å². The van der Waals surface area contributed by atoms with Gasteiger partial charge in [0.2, 0.25) is 0 Å². The number of carboxylic acids is 1. The number of carboxylic acid groups (broad SMARTS) is 1. The van der Waals surface area contributed by atoms with Gasteiger partial charge in [0.25, 0.3) is 0 Å². The second-order valence-electron chi connectivity index (χ2n) is 4.48. The molecule has 1 saturated heterocycles. The number of rotatable bonds is 2. The zero-order chi connectivity index (χ0) is 13.8. The van der Waals surface area contributed by atoms with Gasteiger partial charge in [-0.15, -0.1) is 0 Å². The van der Waals surface area contributed by atoms with E-state index in [4.69, 9.17) is 5.11 Å². The second-order valence-corrected chi connectivity index (χ2v) is 5.73. The van der Waals surface area contributed by atoms with Crippen LogP contribution in [0.15, 0.2) is 24.3 Å². The van der Waals surface area contributed by atoms with Crippen LogP contribution in [0.5, 0.6) is 0 Å². The van der Waals surface area contributed by atoms with Crippen LogP contribution in [0.3, 0.4) is 0 Å². The van der Waals surface area contributed by atoms with Gasteiger partial charge < -0.3 is 15.3 Å². The number of benzene rings is 1. The fourth-order valence-corrected chi connectivity index (χ4v) is 2.74. The quantitative estimate of drug-likeness (QED) is 0.783. The van der Waals surface area contributed by atoms with E-state index in [0.29, 0.717) is 18.7 Å². The Hall–Kier alpha value is -1.31. The molecule has 1 unspecified atom stereocenters. The number of aliphatic carboxylic acids is 1. The maximum absolute atomic E-state index is 12.1. The Balaban J connectivity index is 2.07. The van der Waals surface area contributed by atoms with Crippen molar-refractivity contribution in [2.75, 3.05) is 11.9 Å². The number of carbonyl (C=O) groups excluding carboxylic acids is 1. The highest BCUT2D eigenvalue weighted by atomic mass is 127. The summed E-state index contributed by atoms with van der Waals surface area (Å²) < 4.78 is 1.02. The minimum absolute atomic E-state index is 0.339. The van der Waals surface area contributed by atoms with Gasteiger partial charge in [-0.25, -0.2) is 9.59 Å². The smallest absolute Gasteiger partial charge is 0.326 e. The van der Waals surface area contributed by atoms with Crippen molar-refractivity contribution in [3.63, 3.8) is 0 Å². The minimum Gasteiger partial charge on any atom is -0.480 e. The van der Waals surface area contributed by atoms with Crippen LogP contribution in [-0.2, 0) is 4.79 Å². The zero-order valence-corrected chi connectivity index (χ0v) is 12.5. The van der Waals surface area contributed by atoms with Crippen molar-refractivity contribution in [3.8, 4) is 0 Å². The molecule has 19 heavy (non-hydrogen) atoms. The third-order valence-corrected chi connectivity index (χ3v) is 3.80. The molecule has 0 radical (unpaired) electrons. The molecule has 2 N–H and O–H groups in total. The lowest BCUT2D eigenvalue weighted by Crippen LogP contribution is -2.49. The van der Waals surface area contributed by atoms with Gasteiger partial charge in [-0.05, 0) is 60.1 Å². The Morgan fingerprint density at radius 2 is 2.16 bits per heavy atom. The number of carbonyl (C=O) groups is 2. The van der Waals surface area contributed by atoms with Crippen LogP contribution >= 0.6 is 22.6 Å². The number of hydrogen-bond acceptors (Lipinski definition) is 2. The number of amides is 2. The number of nitrogens with zero attached hydrogens (tertiary/aromatic N) is 1. The van der Waals surface area contributed by atoms with Crippen LogP contribution in [0.4, 0.5) is 10.5 Å². The summed E-state index contributed by atoms with van der Waals surface area (Å²) in [5.74, 6) is -0.933. The first-order valence-corrected chi connectivity index (χ1v) is 7.22. The van der Waals surface area contributed by atoms with Gasteiger partial charge in [0.05, 0.1) is 0 Å². The molecule has 1 fully saturated rings. The fraction of sp³-hybridized carbons (Fsp3) is 0.385. The standard InChI is InChI=1S/C13H15IN2O3/c14-9-4-3-5-10(8-9)15-13(19)16-7-2-1-6-11(16)12(17)18/h3-5,8,11H,1-2,6-7H2,(H,15,19)(H,17,18). The van der Waals surface area contributed by atoms with Crippen LogP contribution in [0.2, 0.25) is 0 Å². The van der Waals surface area contributed by atoms with Crippen LogP contribution in [0.1, 0.15) is 19.3 Å². The molecule has 2 rings (SSSR count). The van der Waals surface area contributed by atoms with Gasteiger partial charge in [0.15, 0.2) is 0 Å². The molecule has 1 heterocycles. The normalized spacial score (nSPS) is 19.0. The molecule has 2 amide bonds. The van der Waals surface area contributed by atoms with Gasteiger partial charge in [0.1, 0.15) is 6.04 Å². The Morgan fingerprint density at radius 3 is 2.84 bits per heavy atom. The van der Waals surface area contributed by atoms with Crippen LogP contribution in [0.25, 0.3) is 0 Å². The summed E-state index contributed by atoms with van der Waals surface area (Å²) in [5.41, 5.74) is 0.687. The maximum Gasteiger partial charge on any atom is 0.326 e. The van der Waals surface area contributed by atoms with Gasteiger partial charge in [-0.2, -0.15) is 0 Å². The average molecular weight is 374 g/mol. The molecule has 1 aliphatic rings. The number of anilines is 1. The fourth-order valence-electron chi connectivity index (χ4n) is 2.19. The summed E-state index contributed by atoms with van der Waals surface area (Å²) >= 11 is 2.16. The molecule has 1 aromatic carbocycles. The third-order valence-electron chi connectivity index (χ3n) is 3.12. The van der Waals surface area contributed by atoms with Crippen molar-refractivity contribution in [1.82, 2.24) is 4.90 Å². The molecule has 1 aliphatic heterocycles. The molecular formula is C13H15IN2O3. The van der Waals surface area contributed by atoms with Crippen molar-refractivity contribution >= 4 is 40.3 Å². The van der Waals surface area contributed by atoms with E-state index in [1.165, 1.54) is 4.90 Å². The van der Waals surface area contributed by atoms with Gasteiger partial charge in [0, 0.05) is 15.8 Å². The van der Waals surface area contributed by atoms with Crippen molar-refractivity contribution < 1.29 is 14.7 Å². The lowest BCUT2D eigenvalue weighted by atomic mass is 10.0. The highest BCUT2D eigenvalue weighted by molar-refractivity contribution is 14.1. The van der Waals surface area contributed by atoms with E-state index in [2.05, 4.69) is 27.9 Å². The molecule has 1 atom stereocenters. The van der Waals surface area contributed by atoms with E-state index in [1.54, 1.807) is 6.07 Å². The molecule has 0 bridgehead atoms. The Labute approximate surface area is 125 Å². The first kappa shape index (κ1) is 14.1. The second kappa shape index (κ2) is 6.23. The lowest BCUT2D eigenvalue weighted by molar-refractivity contribution is -0.143. The maximum atomic E-state index is 12.1. The van der Waals surface area contributed by atoms with E-state index >= 15 is 0 Å². The molecule has 5 nitrogen and oxygen atoms in total. The average Bonchev–Trinajstić information content (AvgIpc) is 2.38. The van der Waals surface area contributed by atoms with Gasteiger partial charge in [-0.3, -0.25) is 0 Å². The molecule has 6 heteroatoms. The van der Waals surface area contributed by atoms with Crippen LogP contribution < -0.4 is 5.32 Å². The van der Waals surface area contributed by atoms with E-state index in [1.807, 2.05) is 18.2 Å². The van der Waals surface area contributed by atoms with E-state index in [-0.39, 0.29) is 6.03 Å². The molecule has 0 aromatic heterocycles. The van der Waals surface area contributed by atoms with E-state index < -0.39 is 12.0 Å². The highest BCUT2D eigenvalue weighted by Gasteiger charge is 2.31. The molecular weight excluding hydrogens is 359 g/mol. The summed E-state index contributed by atoms with van der Waals surface area (Å²) in [4.78, 5) is 24.7. The van der Waals surface area contributed by atoms with Crippen molar-refractivity contribution in [1.29, 1.82) is 0 Å². The van der Waals surface area contributed by atoms with Gasteiger partial charge >= 0.3 is 12.0 Å². The van der Waals surface area contributed by atoms with Crippen molar-refractivity contribution in [2.45, 2.75) is 25.3 Å². The van der Waals surface area contributed by atoms with Crippen LogP contribution in [0, 0.1) is 3.57 Å². The van der Waals surface area contributed by atoms with E-state index in [9.17, 15) is 9.59 Å². The molecule has 0 saturated carbocycles. The highest BCUT2D eigenvalue weighted by Crippen LogP contribution is 2.19. The largest absolute Gasteiger partial charge is 0.480 e. The summed E-state index contributed by atoms with van der Waals surface area (Å²) in [6.45, 7) is 0.493. The minimum atomic E-state index is -0.933. The first-order valence-electron chi connectivity index (χ1n) is 6.14. The lowest BCUT2D eigenvalue weighted by Gasteiger charge is -2.32. The van der Waals surface area contributed by atoms with Crippen molar-refractivity contribution in [2.24, 2.45) is 0 Å². The monoisotopic (exact) mass is 374 g/mol. The summed E-state index contributed by atoms with van der Waals surface area (Å²) in [5, 5.41) is 11.9. The Morgan fingerprint density at radius 1 is 1.37 bits per heavy atom. The topological polar surface area (TPSA) is 69.6 Å². The summed E-state index contributed by atoms with van der Waals surface area (Å²) in [7, 11) is 0. The number of halogens is 1. The predicted molar refractivity (Wildman–Crippen MR) is 80.2 cm³/mol. The third kappa shape index (κ3) is 3.59. The number of urea groups is 1. The Bertz CT molecular complexity index is 493. The molecule has 0 aliphatic carbocycles. The molecule has 0 spiro atoms. The molecule has 1 aromatic rings. The number of piperidine rings is 1. The number of likely N-dealkylation sites (tertiary alicyclic amines) is 1. The molecule has 102 valence electrons. The summed E-state index contributed by atoms with van der Waals surface area (Å²) in [6.07, 6.45) is 2.22. The number of hydrogen-bond donors (Lipinski definition) is 2. The van der Waals surface area contributed by atoms with E-state index in [0.717, 1.165) is 16.4 Å². The first-order chi connectivity index (χ1) is 9.08. The number of nitrogens with one attached hydrogen (secondary N) is 1. The van der Waals surface area contributed by atoms with Crippen molar-refractivity contribution in [3.05, 3.63) is 27.8 Å². The summed E-state index contributed by atoms with van der Waals surface area (Å²) in [6, 6.07) is 6.36. The predicted octanol–water partition coefficient (Wildman–Crippen LogP) is 2.76.